The summed E-state index contributed by atoms with van der Waals surface area (Å²) < 4.78 is 6.63. The van der Waals surface area contributed by atoms with Crippen LogP contribution in [0.5, 0.6) is 0 Å². The number of rotatable bonds is 3. The first-order chi connectivity index (χ1) is 22.8. The van der Waals surface area contributed by atoms with Crippen LogP contribution in [0.2, 0.25) is 0 Å². The van der Waals surface area contributed by atoms with Crippen LogP contribution in [0.15, 0.2) is 108 Å². The normalized spacial score (nSPS) is 11.0. The quantitative estimate of drug-likeness (QED) is 0.167. The van der Waals surface area contributed by atoms with Crippen molar-refractivity contribution in [2.45, 2.75) is 41.5 Å². The summed E-state index contributed by atoms with van der Waals surface area (Å²) in [5, 5.41) is 4.52. The molecule has 0 saturated heterocycles. The van der Waals surface area contributed by atoms with Crippen molar-refractivity contribution < 1.29 is 24.5 Å². The van der Waals surface area contributed by atoms with Crippen LogP contribution in [0.25, 0.3) is 66.4 Å². The summed E-state index contributed by atoms with van der Waals surface area (Å²) in [4.78, 5) is 13.4. The summed E-state index contributed by atoms with van der Waals surface area (Å²) in [6, 6.07) is 33.5. The molecule has 0 saturated carbocycles. The molecule has 239 valence electrons. The zero-order chi connectivity index (χ0) is 32.7. The van der Waals surface area contributed by atoms with Gasteiger partial charge in [0.25, 0.3) is 0 Å². The number of nitrogens with zero attached hydrogens (tertiary/aromatic N) is 3. The predicted molar refractivity (Wildman–Crippen MR) is 193 cm³/mol. The molecule has 4 aromatic carbocycles. The first-order valence-corrected chi connectivity index (χ1v) is 15.8. The topological polar surface area (TPSA) is 51.8 Å². The first-order valence-electron chi connectivity index (χ1n) is 15.8. The number of pyridine rings is 3. The van der Waals surface area contributed by atoms with Gasteiger partial charge in [0.1, 0.15) is 5.58 Å². The van der Waals surface area contributed by atoms with E-state index < -0.39 is 0 Å². The summed E-state index contributed by atoms with van der Waals surface area (Å²) in [7, 11) is 0. The minimum Gasteiger partial charge on any atom is -0.500 e. The number of aromatic nitrogens is 3. The Morgan fingerprint density at radius 1 is 0.625 bits per heavy atom. The van der Waals surface area contributed by atoms with Crippen LogP contribution < -0.4 is 0 Å². The molecular formula is C43H35IrN3O-2. The Bertz CT molecular complexity index is 2410. The van der Waals surface area contributed by atoms with Crippen molar-refractivity contribution in [3.63, 3.8) is 0 Å². The molecule has 1 radical (unpaired) electrons. The van der Waals surface area contributed by atoms with Gasteiger partial charge < -0.3 is 14.4 Å². The molecule has 5 heteroatoms. The van der Waals surface area contributed by atoms with Gasteiger partial charge in [-0.25, -0.2) is 0 Å². The Kier molecular flexibility index (Phi) is 9.37. The van der Waals surface area contributed by atoms with Crippen molar-refractivity contribution in [3.05, 3.63) is 149 Å². The van der Waals surface area contributed by atoms with E-state index >= 15 is 0 Å². The van der Waals surface area contributed by atoms with Crippen molar-refractivity contribution in [1.29, 1.82) is 0 Å². The summed E-state index contributed by atoms with van der Waals surface area (Å²) in [6.45, 7) is 12.7. The maximum atomic E-state index is 6.63. The van der Waals surface area contributed by atoms with Crippen LogP contribution in [0.4, 0.5) is 0 Å². The second-order valence-corrected chi connectivity index (χ2v) is 12.3. The third kappa shape index (κ3) is 6.20. The number of aryl methyl sites for hydroxylation is 5. The average molecular weight is 802 g/mol. The summed E-state index contributed by atoms with van der Waals surface area (Å²) in [5.41, 5.74) is 15.2. The number of benzene rings is 4. The van der Waals surface area contributed by atoms with E-state index in [1.807, 2.05) is 48.9 Å². The minimum atomic E-state index is 0. The van der Waals surface area contributed by atoms with E-state index in [4.69, 9.17) is 4.42 Å². The second-order valence-electron chi connectivity index (χ2n) is 12.3. The zero-order valence-electron chi connectivity index (χ0n) is 27.9. The molecular weight excluding hydrogens is 767 g/mol. The van der Waals surface area contributed by atoms with Gasteiger partial charge in [0, 0.05) is 61.2 Å². The van der Waals surface area contributed by atoms with Crippen molar-refractivity contribution in [2.24, 2.45) is 0 Å². The van der Waals surface area contributed by atoms with Crippen molar-refractivity contribution in [1.82, 2.24) is 15.0 Å². The van der Waals surface area contributed by atoms with Crippen molar-refractivity contribution >= 4 is 32.7 Å². The maximum Gasteiger partial charge on any atom is 0.128 e. The SMILES string of the molecule is Cc1c[c-]c(-c2cc(C)c(C)cn2)cc1.Cc1cc(-c2c(C)c(C)cc3ccncc23)c2oc3c(-c4ccccn4)[c-]ccc3c2c1.[Ir]. The van der Waals surface area contributed by atoms with E-state index in [2.05, 4.69) is 117 Å². The smallest absolute Gasteiger partial charge is 0.128 e. The Morgan fingerprint density at radius 2 is 1.48 bits per heavy atom. The van der Waals surface area contributed by atoms with E-state index in [1.54, 1.807) is 6.20 Å². The van der Waals surface area contributed by atoms with E-state index in [9.17, 15) is 0 Å². The largest absolute Gasteiger partial charge is 0.500 e. The summed E-state index contributed by atoms with van der Waals surface area (Å²) in [5.74, 6) is 0. The minimum absolute atomic E-state index is 0. The fraction of sp³-hybridized carbons (Fsp3) is 0.140. The van der Waals surface area contributed by atoms with Crippen molar-refractivity contribution in [3.8, 4) is 33.6 Å². The third-order valence-electron chi connectivity index (χ3n) is 8.95. The van der Waals surface area contributed by atoms with E-state index in [1.165, 1.54) is 44.3 Å². The van der Waals surface area contributed by atoms with Crippen LogP contribution in [0.3, 0.4) is 0 Å². The third-order valence-corrected chi connectivity index (χ3v) is 8.95. The molecule has 0 amide bonds. The van der Waals surface area contributed by atoms with Crippen LogP contribution in [-0.4, -0.2) is 15.0 Å². The fourth-order valence-electron chi connectivity index (χ4n) is 6.14. The van der Waals surface area contributed by atoms with Gasteiger partial charge in [0.15, 0.2) is 0 Å². The molecule has 0 atom stereocenters. The molecule has 0 aliphatic carbocycles. The molecule has 0 aliphatic heterocycles. The molecule has 0 unspecified atom stereocenters. The Labute approximate surface area is 295 Å². The van der Waals surface area contributed by atoms with E-state index in [-0.39, 0.29) is 20.1 Å². The molecule has 4 aromatic heterocycles. The molecule has 4 nitrogen and oxygen atoms in total. The molecule has 0 aliphatic rings. The Morgan fingerprint density at radius 3 is 2.23 bits per heavy atom. The molecule has 0 spiro atoms. The molecule has 0 fully saturated rings. The molecule has 4 heterocycles. The summed E-state index contributed by atoms with van der Waals surface area (Å²) in [6.07, 6.45) is 7.53. The first kappa shape index (κ1) is 33.0. The number of hydrogen-bond acceptors (Lipinski definition) is 4. The average Bonchev–Trinajstić information content (AvgIpc) is 3.46. The second kappa shape index (κ2) is 13.6. The number of fused-ring (bicyclic) bond motifs is 4. The molecule has 0 N–H and O–H groups in total. The van der Waals surface area contributed by atoms with Crippen LogP contribution in [-0.2, 0) is 20.1 Å². The van der Waals surface area contributed by atoms with Gasteiger partial charge in [-0.2, -0.15) is 0 Å². The zero-order valence-corrected chi connectivity index (χ0v) is 30.3. The van der Waals surface area contributed by atoms with Gasteiger partial charge in [-0.3, -0.25) is 4.98 Å². The van der Waals surface area contributed by atoms with Crippen molar-refractivity contribution in [2.75, 3.05) is 0 Å². The van der Waals surface area contributed by atoms with E-state index in [0.717, 1.165) is 55.4 Å². The van der Waals surface area contributed by atoms with E-state index in [0.29, 0.717) is 0 Å². The number of hydrogen-bond donors (Lipinski definition) is 0. The van der Waals surface area contributed by atoms with Gasteiger partial charge in [-0.15, -0.1) is 53.6 Å². The molecule has 8 rings (SSSR count). The van der Waals surface area contributed by atoms with Gasteiger partial charge in [-0.05, 0) is 103 Å². The fourth-order valence-corrected chi connectivity index (χ4v) is 6.14. The summed E-state index contributed by atoms with van der Waals surface area (Å²) >= 11 is 0. The van der Waals surface area contributed by atoms with Gasteiger partial charge >= 0.3 is 0 Å². The maximum absolute atomic E-state index is 6.63. The standard InChI is InChI=1S/C29H21N2O.C14H14N.Ir/c1-17-13-23-21-7-6-8-22(26-9-4-5-11-31-26)28(21)32-29(23)24(14-17)27-19(3)18(2)15-20-10-12-30-16-25(20)27;1-10-4-6-13(7-5-10)14-8-11(2)12(3)9-15-14;/h4-7,9-16H,1-3H3;4-6,8-9H,1-3H3;/q2*-1;. The molecule has 8 aromatic rings. The monoisotopic (exact) mass is 802 g/mol. The molecule has 0 bridgehead atoms. The van der Waals surface area contributed by atoms with Crippen LogP contribution in [0.1, 0.15) is 33.4 Å². The Balaban J connectivity index is 0.000000212. The van der Waals surface area contributed by atoms with Gasteiger partial charge in [0.05, 0.1) is 5.58 Å². The van der Waals surface area contributed by atoms with Crippen LogP contribution >= 0.6 is 0 Å². The van der Waals surface area contributed by atoms with Gasteiger partial charge in [0.2, 0.25) is 0 Å². The molecule has 48 heavy (non-hydrogen) atoms. The van der Waals surface area contributed by atoms with Gasteiger partial charge in [-0.1, -0.05) is 47.7 Å². The Hall–Kier alpha value is -4.96. The van der Waals surface area contributed by atoms with Crippen LogP contribution in [0, 0.1) is 53.7 Å². The predicted octanol–water partition coefficient (Wildman–Crippen LogP) is 11.1. The number of furan rings is 1.